The summed E-state index contributed by atoms with van der Waals surface area (Å²) < 4.78 is 67.9. The number of nitrogens with one attached hydrogen (secondary N) is 4. The smallest absolute Gasteiger partial charge is 0.412 e. The first-order valence-corrected chi connectivity index (χ1v) is 11.9. The van der Waals surface area contributed by atoms with Gasteiger partial charge in [0.05, 0.1) is 0 Å². The third-order valence-corrected chi connectivity index (χ3v) is 4.08. The van der Waals surface area contributed by atoms with Gasteiger partial charge in [-0.25, -0.2) is 37.3 Å². The van der Waals surface area contributed by atoms with Crippen LogP contribution in [0.4, 0.5) is 0 Å². The van der Waals surface area contributed by atoms with E-state index in [0.29, 0.717) is 12.1 Å². The fourth-order valence-electron chi connectivity index (χ4n) is 3.26. The summed E-state index contributed by atoms with van der Waals surface area (Å²) in [5.74, 6) is 0. The van der Waals surface area contributed by atoms with Crippen LogP contribution in [-0.4, -0.2) is 54.8 Å². The molecule has 1 heterocycles. The second-order valence-electron chi connectivity index (χ2n) is 8.50. The van der Waals surface area contributed by atoms with Crippen LogP contribution in [0.5, 0.6) is 0 Å². The van der Waals surface area contributed by atoms with Crippen LogP contribution in [-0.2, 0) is 16.5 Å². The van der Waals surface area contributed by atoms with Gasteiger partial charge in [-0.3, -0.25) is 0 Å². The van der Waals surface area contributed by atoms with Gasteiger partial charge in [-0.1, -0.05) is 0 Å². The van der Waals surface area contributed by atoms with Crippen molar-refractivity contribution in [1.82, 2.24) is 21.3 Å². The molecule has 1 aliphatic rings. The zero-order valence-electron chi connectivity index (χ0n) is 19.2. The predicted molar refractivity (Wildman–Crippen MR) is 91.9 cm³/mol. The minimum atomic E-state index is -4.94. The molecule has 2 atom stereocenters. The third kappa shape index (κ3) is 37.8. The maximum absolute atomic E-state index is 8.49. The molecule has 0 spiro atoms. The van der Waals surface area contributed by atoms with E-state index in [1.807, 2.05) is 0 Å². The predicted octanol–water partition coefficient (Wildman–Crippen LogP) is -8.87. The molecule has 1 fully saturated rings. The average Bonchev–Trinajstić information content (AvgIpc) is 2.43. The summed E-state index contributed by atoms with van der Waals surface area (Å²) in [7, 11) is -9.89. The van der Waals surface area contributed by atoms with Gasteiger partial charge in [0.2, 0.25) is 0 Å². The van der Waals surface area contributed by atoms with E-state index in [-0.39, 0.29) is 33.0 Å². The SMILES string of the molecule is C[C@@H]1CC(C)(C)NCCNC(C)(C)C[C@H](C)NCCN1.O.[Ni+2].[O-][Cl+3]([O-])([O-])[O-].[O-][Cl+3]([O-])([O-])[O-]. The molecule has 0 aromatic carbocycles. The molecule has 1 aliphatic heterocycles. The van der Waals surface area contributed by atoms with E-state index >= 15 is 0 Å². The molecule has 32 heavy (non-hydrogen) atoms. The van der Waals surface area contributed by atoms with Gasteiger partial charge < -0.3 is 26.7 Å². The summed E-state index contributed by atoms with van der Waals surface area (Å²) in [6.07, 6.45) is 2.29. The Morgan fingerprint density at radius 3 is 1.03 bits per heavy atom. The molecule has 0 unspecified atom stereocenters. The van der Waals surface area contributed by atoms with Crippen molar-refractivity contribution in [3.8, 4) is 0 Å². The molecule has 200 valence electrons. The summed E-state index contributed by atoms with van der Waals surface area (Å²) in [6, 6.07) is 1.09. The number of rotatable bonds is 0. The van der Waals surface area contributed by atoms with E-state index in [2.05, 4.69) is 62.8 Å². The summed E-state index contributed by atoms with van der Waals surface area (Å²) >= 11 is 0. The maximum atomic E-state index is 8.49. The Hall–Kier alpha value is 0.554. The number of hydrogen-bond acceptors (Lipinski definition) is 12. The van der Waals surface area contributed by atoms with Gasteiger partial charge in [0.25, 0.3) is 0 Å². The Kier molecular flexibility index (Phi) is 22.3. The molecule has 0 aromatic heterocycles. The molecule has 16 heteroatoms. The van der Waals surface area contributed by atoms with Crippen molar-refractivity contribution < 1.29 is 79.7 Å². The third-order valence-electron chi connectivity index (χ3n) is 4.08. The van der Waals surface area contributed by atoms with Gasteiger partial charge in [-0.05, 0) is 54.4 Å². The fourth-order valence-corrected chi connectivity index (χ4v) is 3.26. The van der Waals surface area contributed by atoms with Crippen molar-refractivity contribution in [2.45, 2.75) is 77.5 Å². The van der Waals surface area contributed by atoms with Gasteiger partial charge in [0, 0.05) is 49.3 Å². The number of halogens is 2. The van der Waals surface area contributed by atoms with Crippen LogP contribution in [0, 0.1) is 20.5 Å². The van der Waals surface area contributed by atoms with E-state index in [1.54, 1.807) is 0 Å². The second-order valence-corrected chi connectivity index (χ2v) is 10.0. The zero-order valence-corrected chi connectivity index (χ0v) is 21.7. The van der Waals surface area contributed by atoms with Crippen molar-refractivity contribution in [2.75, 3.05) is 26.2 Å². The first-order valence-electron chi connectivity index (χ1n) is 9.40. The van der Waals surface area contributed by atoms with E-state index in [9.17, 15) is 0 Å². The molecule has 0 aromatic rings. The Labute approximate surface area is 204 Å². The van der Waals surface area contributed by atoms with E-state index in [0.717, 1.165) is 39.0 Å². The van der Waals surface area contributed by atoms with E-state index in [4.69, 9.17) is 37.3 Å². The molecular weight excluding hydrogens is 522 g/mol. The Bertz CT molecular complexity index is 404. The second kappa shape index (κ2) is 17.9. The monoisotopic (exact) mass is 558 g/mol. The van der Waals surface area contributed by atoms with Crippen LogP contribution in [0.3, 0.4) is 0 Å². The number of hydrogen-bond donors (Lipinski definition) is 4. The van der Waals surface area contributed by atoms with Crippen molar-refractivity contribution in [3.63, 3.8) is 0 Å². The van der Waals surface area contributed by atoms with Gasteiger partial charge >= 0.3 is 16.5 Å². The molecule has 1 rings (SSSR count). The van der Waals surface area contributed by atoms with Crippen molar-refractivity contribution in [2.24, 2.45) is 0 Å². The normalized spacial score (nSPS) is 24.6. The maximum Gasteiger partial charge on any atom is 2.00 e. The van der Waals surface area contributed by atoms with Gasteiger partial charge in [-0.15, -0.1) is 20.5 Å². The van der Waals surface area contributed by atoms with E-state index < -0.39 is 20.5 Å². The van der Waals surface area contributed by atoms with Crippen LogP contribution in [0.25, 0.3) is 0 Å². The average molecular weight is 560 g/mol. The quantitative estimate of drug-likeness (QED) is 0.201. The molecule has 0 saturated carbocycles. The van der Waals surface area contributed by atoms with Gasteiger partial charge in [0.15, 0.2) is 0 Å². The zero-order chi connectivity index (χ0) is 24.2. The molecular formula is C16H38Cl2N4NiO9. The van der Waals surface area contributed by atoms with Crippen molar-refractivity contribution in [3.05, 3.63) is 0 Å². The minimum absolute atomic E-state index is 0. The first kappa shape index (κ1) is 39.8. The summed E-state index contributed by atoms with van der Waals surface area (Å²) in [5, 5.41) is 14.6. The minimum Gasteiger partial charge on any atom is -0.412 e. The fraction of sp³-hybridized carbons (Fsp3) is 1.00. The molecule has 0 aliphatic carbocycles. The van der Waals surface area contributed by atoms with Gasteiger partial charge in [0.1, 0.15) is 0 Å². The van der Waals surface area contributed by atoms with Crippen LogP contribution < -0.4 is 58.5 Å². The standard InChI is InChI=1S/C16H36N4.2ClHO4.Ni.H2O/c1-13-11-15(3,4)19-9-10-20-16(5,6)12-14(2)18-8-7-17-13;2*2-1(3,4)5;;/h13-14,17-20H,7-12H2,1-6H3;2*(H,2,3,4,5);;1H2/q;;;+2;/p-2/t13-,14+;;;;. The largest absolute Gasteiger partial charge is 2.00 e. The summed E-state index contributed by atoms with van der Waals surface area (Å²) in [5.41, 5.74) is 0.367. The summed E-state index contributed by atoms with van der Waals surface area (Å²) in [6.45, 7) is 17.8. The topological polar surface area (TPSA) is 264 Å². The van der Waals surface area contributed by atoms with Crippen molar-refractivity contribution in [1.29, 1.82) is 0 Å². The molecule has 0 bridgehead atoms. The molecule has 13 nitrogen and oxygen atoms in total. The Morgan fingerprint density at radius 2 is 0.812 bits per heavy atom. The Morgan fingerprint density at radius 1 is 0.594 bits per heavy atom. The van der Waals surface area contributed by atoms with Crippen LogP contribution in [0.15, 0.2) is 0 Å². The van der Waals surface area contributed by atoms with Crippen LogP contribution in [0.2, 0.25) is 0 Å². The van der Waals surface area contributed by atoms with Crippen molar-refractivity contribution >= 4 is 0 Å². The molecule has 1 saturated heterocycles. The molecule has 0 radical (unpaired) electrons. The molecule has 0 amide bonds. The Balaban J connectivity index is -0.000000275. The van der Waals surface area contributed by atoms with E-state index in [1.165, 1.54) is 0 Å². The molecule has 6 N–H and O–H groups in total. The van der Waals surface area contributed by atoms with Gasteiger partial charge in [-0.2, -0.15) is 0 Å². The first-order chi connectivity index (χ1) is 13.2. The van der Waals surface area contributed by atoms with Crippen LogP contribution in [0.1, 0.15) is 54.4 Å². The summed E-state index contributed by atoms with van der Waals surface area (Å²) in [4.78, 5) is 0. The van der Waals surface area contributed by atoms with Crippen LogP contribution >= 0.6 is 0 Å².